The molecular weight excluding hydrogens is 308 g/mol. The molecule has 0 radical (unpaired) electrons. The molecule has 1 unspecified atom stereocenters. The van der Waals surface area contributed by atoms with Crippen molar-refractivity contribution in [3.8, 4) is 0 Å². The van der Waals surface area contributed by atoms with E-state index in [1.807, 2.05) is 43.3 Å². The maximum Gasteiger partial charge on any atom is 0.274 e. The fraction of sp³-hybridized carbons (Fsp3) is 0.133. The Labute approximate surface area is 132 Å². The average Bonchev–Trinajstić information content (AvgIpc) is 2.52. The largest absolute Gasteiger partial charge is 0.288 e. The molecule has 2 aromatic carbocycles. The highest BCUT2D eigenvalue weighted by Crippen LogP contribution is 2.23. The zero-order valence-corrected chi connectivity index (χ0v) is 12.9. The third-order valence-electron chi connectivity index (χ3n) is 2.92. The summed E-state index contributed by atoms with van der Waals surface area (Å²) in [6.07, 6.45) is 0. The minimum absolute atomic E-state index is 0.0974. The van der Waals surface area contributed by atoms with E-state index in [1.165, 1.54) is 11.9 Å². The van der Waals surface area contributed by atoms with Gasteiger partial charge in [0.25, 0.3) is 5.91 Å². The topological polar surface area (TPSA) is 61.4 Å². The Morgan fingerprint density at radius 2 is 1.95 bits per heavy atom. The molecule has 0 bridgehead atoms. The molecule has 0 aliphatic heterocycles. The third kappa shape index (κ3) is 4.47. The van der Waals surface area contributed by atoms with Crippen molar-refractivity contribution < 1.29 is 10.0 Å². The summed E-state index contributed by atoms with van der Waals surface area (Å²) in [7, 11) is 0. The van der Waals surface area contributed by atoms with Gasteiger partial charge in [-0.15, -0.1) is 0 Å². The zero-order chi connectivity index (χ0) is 15.2. The van der Waals surface area contributed by atoms with Gasteiger partial charge in [0.2, 0.25) is 0 Å². The molecule has 21 heavy (non-hydrogen) atoms. The van der Waals surface area contributed by atoms with E-state index < -0.39 is 5.91 Å². The molecule has 110 valence electrons. The Kier molecular flexibility index (Phi) is 5.64. The highest BCUT2D eigenvalue weighted by atomic mass is 35.5. The summed E-state index contributed by atoms with van der Waals surface area (Å²) in [5.41, 5.74) is 3.06. The van der Waals surface area contributed by atoms with Gasteiger partial charge in [0.1, 0.15) is 0 Å². The Morgan fingerprint density at radius 3 is 2.57 bits per heavy atom. The van der Waals surface area contributed by atoms with Crippen LogP contribution in [0.15, 0.2) is 53.4 Å². The van der Waals surface area contributed by atoms with E-state index in [0.717, 1.165) is 10.5 Å². The number of benzene rings is 2. The Bertz CT molecular complexity index is 619. The molecule has 0 aliphatic carbocycles. The quantitative estimate of drug-likeness (QED) is 0.445. The summed E-state index contributed by atoms with van der Waals surface area (Å²) in [6, 6.07) is 14.7. The van der Waals surface area contributed by atoms with Crippen molar-refractivity contribution in [2.45, 2.75) is 17.9 Å². The maximum absolute atomic E-state index is 11.2. The molecule has 6 heteroatoms. The molecule has 0 saturated carbocycles. The van der Waals surface area contributed by atoms with Crippen LogP contribution in [0.25, 0.3) is 0 Å². The zero-order valence-electron chi connectivity index (χ0n) is 11.3. The van der Waals surface area contributed by atoms with Crippen molar-refractivity contribution in [3.63, 3.8) is 0 Å². The summed E-state index contributed by atoms with van der Waals surface area (Å²) in [5, 5.41) is 9.28. The maximum atomic E-state index is 11.2. The van der Waals surface area contributed by atoms with Crippen molar-refractivity contribution in [2.24, 2.45) is 0 Å². The van der Waals surface area contributed by atoms with E-state index in [1.54, 1.807) is 17.6 Å². The van der Waals surface area contributed by atoms with Crippen molar-refractivity contribution in [3.05, 3.63) is 64.7 Å². The molecule has 0 fully saturated rings. The van der Waals surface area contributed by atoms with Gasteiger partial charge < -0.3 is 0 Å². The van der Waals surface area contributed by atoms with Gasteiger partial charge in [-0.3, -0.25) is 14.7 Å². The number of halogens is 1. The standard InChI is InChI=1S/C15H15ClN2O2S/c1-10(18-21-14-4-2-3-13(16)9-14)11-5-7-12(8-6-11)15(19)17-20/h2-10,18,20H,1H3,(H,17,19). The summed E-state index contributed by atoms with van der Waals surface area (Å²) in [5.74, 6) is -0.518. The van der Waals surface area contributed by atoms with Crippen LogP contribution in [0.2, 0.25) is 5.02 Å². The molecule has 0 aliphatic rings. The van der Waals surface area contributed by atoms with E-state index in [4.69, 9.17) is 16.8 Å². The first-order valence-corrected chi connectivity index (χ1v) is 7.52. The number of hydroxylamine groups is 1. The lowest BCUT2D eigenvalue weighted by molar-refractivity contribution is 0.0706. The van der Waals surface area contributed by atoms with Crippen LogP contribution in [-0.2, 0) is 0 Å². The van der Waals surface area contributed by atoms with Crippen molar-refractivity contribution in [1.82, 2.24) is 10.2 Å². The summed E-state index contributed by atoms with van der Waals surface area (Å²) < 4.78 is 3.31. The molecule has 1 atom stereocenters. The normalized spacial score (nSPS) is 12.0. The van der Waals surface area contributed by atoms with Crippen LogP contribution in [0.1, 0.15) is 28.9 Å². The lowest BCUT2D eigenvalue weighted by Gasteiger charge is -2.14. The van der Waals surface area contributed by atoms with Crippen LogP contribution >= 0.6 is 23.5 Å². The monoisotopic (exact) mass is 322 g/mol. The molecule has 4 nitrogen and oxygen atoms in total. The van der Waals surface area contributed by atoms with Crippen molar-refractivity contribution in [2.75, 3.05) is 0 Å². The number of hydrogen-bond acceptors (Lipinski definition) is 4. The SMILES string of the molecule is CC(NSc1cccc(Cl)c1)c1ccc(C(=O)NO)cc1. The molecule has 2 aromatic rings. The highest BCUT2D eigenvalue weighted by molar-refractivity contribution is 7.97. The first-order chi connectivity index (χ1) is 10.1. The van der Waals surface area contributed by atoms with Gasteiger partial charge in [0.05, 0.1) is 0 Å². The van der Waals surface area contributed by atoms with Crippen molar-refractivity contribution >= 4 is 29.5 Å². The van der Waals surface area contributed by atoms with Gasteiger partial charge >= 0.3 is 0 Å². The van der Waals surface area contributed by atoms with E-state index in [9.17, 15) is 4.79 Å². The van der Waals surface area contributed by atoms with E-state index >= 15 is 0 Å². The lowest BCUT2D eigenvalue weighted by Crippen LogP contribution is -2.18. The predicted molar refractivity (Wildman–Crippen MR) is 84.6 cm³/mol. The second-order valence-corrected chi connectivity index (χ2v) is 5.81. The van der Waals surface area contributed by atoms with Gasteiger partial charge in [0.15, 0.2) is 0 Å². The molecule has 0 aromatic heterocycles. The van der Waals surface area contributed by atoms with Crippen LogP contribution in [0.3, 0.4) is 0 Å². The predicted octanol–water partition coefficient (Wildman–Crippen LogP) is 3.82. The molecule has 0 spiro atoms. The molecule has 3 N–H and O–H groups in total. The van der Waals surface area contributed by atoms with E-state index in [-0.39, 0.29) is 6.04 Å². The highest BCUT2D eigenvalue weighted by Gasteiger charge is 2.08. The van der Waals surface area contributed by atoms with Gasteiger partial charge in [-0.1, -0.05) is 29.8 Å². The molecule has 2 rings (SSSR count). The minimum Gasteiger partial charge on any atom is -0.288 e. The number of amides is 1. The number of hydrogen-bond donors (Lipinski definition) is 3. The fourth-order valence-electron chi connectivity index (χ4n) is 1.74. The van der Waals surface area contributed by atoms with Crippen molar-refractivity contribution in [1.29, 1.82) is 0 Å². The van der Waals surface area contributed by atoms with Crippen LogP contribution in [-0.4, -0.2) is 11.1 Å². The minimum atomic E-state index is -0.518. The van der Waals surface area contributed by atoms with E-state index in [0.29, 0.717) is 10.6 Å². The van der Waals surface area contributed by atoms with Gasteiger partial charge in [-0.05, 0) is 54.8 Å². The first-order valence-electron chi connectivity index (χ1n) is 6.32. The second-order valence-electron chi connectivity index (χ2n) is 4.46. The van der Waals surface area contributed by atoms with Gasteiger partial charge in [-0.25, -0.2) is 5.48 Å². The van der Waals surface area contributed by atoms with Crippen LogP contribution in [0.5, 0.6) is 0 Å². The van der Waals surface area contributed by atoms with Crippen LogP contribution in [0, 0.1) is 0 Å². The summed E-state index contributed by atoms with van der Waals surface area (Å²) in [4.78, 5) is 12.3. The number of carbonyl (C=O) groups excluding carboxylic acids is 1. The summed E-state index contributed by atoms with van der Waals surface area (Å²) >= 11 is 7.44. The molecule has 0 heterocycles. The summed E-state index contributed by atoms with van der Waals surface area (Å²) in [6.45, 7) is 2.03. The molecular formula is C15H15ClN2O2S. The van der Waals surface area contributed by atoms with Gasteiger partial charge in [0, 0.05) is 21.5 Å². The number of carbonyl (C=O) groups is 1. The number of rotatable bonds is 5. The third-order valence-corrected chi connectivity index (χ3v) is 4.12. The molecule has 1 amide bonds. The smallest absolute Gasteiger partial charge is 0.274 e. The average molecular weight is 323 g/mol. The van der Waals surface area contributed by atoms with E-state index in [2.05, 4.69) is 4.72 Å². The first kappa shape index (κ1) is 15.9. The Morgan fingerprint density at radius 1 is 1.24 bits per heavy atom. The lowest BCUT2D eigenvalue weighted by atomic mass is 10.1. The Balaban J connectivity index is 1.97. The fourth-order valence-corrected chi connectivity index (χ4v) is 2.78. The van der Waals surface area contributed by atoms with Gasteiger partial charge in [-0.2, -0.15) is 0 Å². The van der Waals surface area contributed by atoms with Crippen LogP contribution in [0.4, 0.5) is 0 Å². The van der Waals surface area contributed by atoms with Crippen LogP contribution < -0.4 is 10.2 Å². The molecule has 0 saturated heterocycles. The Hall–Kier alpha value is -1.53. The number of nitrogens with one attached hydrogen (secondary N) is 2. The second kappa shape index (κ2) is 7.47.